The summed E-state index contributed by atoms with van der Waals surface area (Å²) in [6.45, 7) is -0.226. The Morgan fingerprint density at radius 1 is 1.07 bits per heavy atom. The fraction of sp³-hybridized carbons (Fsp3) is 0.105. The summed E-state index contributed by atoms with van der Waals surface area (Å²) in [4.78, 5) is 35.7. The van der Waals surface area contributed by atoms with Crippen LogP contribution in [0.2, 0.25) is 0 Å². The number of hydrogen-bond donors (Lipinski definition) is 2. The van der Waals surface area contributed by atoms with Crippen molar-refractivity contribution in [2.45, 2.75) is 0 Å². The highest BCUT2D eigenvalue weighted by atomic mass is 32.1. The third-order valence-corrected chi connectivity index (χ3v) is 4.86. The van der Waals surface area contributed by atoms with E-state index in [1.54, 1.807) is 24.3 Å². The van der Waals surface area contributed by atoms with Crippen LogP contribution in [0.15, 0.2) is 48.5 Å². The summed E-state index contributed by atoms with van der Waals surface area (Å²) in [5, 5.41) is 5.54. The number of benzene rings is 2. The van der Waals surface area contributed by atoms with Crippen LogP contribution in [-0.4, -0.2) is 31.4 Å². The Bertz CT molecular complexity index is 1010. The largest absolute Gasteiger partial charge is 0.468 e. The lowest BCUT2D eigenvalue weighted by Crippen LogP contribution is -2.30. The Morgan fingerprint density at radius 2 is 1.81 bits per heavy atom. The first-order valence-electron chi connectivity index (χ1n) is 7.92. The predicted octanol–water partition coefficient (Wildman–Crippen LogP) is 3.20. The number of hydrogen-bond acceptors (Lipinski definition) is 5. The van der Waals surface area contributed by atoms with Crippen molar-refractivity contribution in [2.24, 2.45) is 0 Å². The second-order valence-corrected chi connectivity index (χ2v) is 6.64. The summed E-state index contributed by atoms with van der Waals surface area (Å²) >= 11 is 1.20. The number of rotatable bonds is 5. The molecular formula is C19H15FN2O4S. The molecule has 2 amide bonds. The Labute approximate surface area is 157 Å². The zero-order chi connectivity index (χ0) is 19.4. The van der Waals surface area contributed by atoms with Gasteiger partial charge in [-0.25, -0.2) is 4.39 Å². The average Bonchev–Trinajstić information content (AvgIpc) is 3.12. The van der Waals surface area contributed by atoms with E-state index >= 15 is 0 Å². The third kappa shape index (κ3) is 4.29. The Kier molecular flexibility index (Phi) is 5.46. The molecule has 0 fully saturated rings. The number of esters is 1. The van der Waals surface area contributed by atoms with Crippen LogP contribution in [-0.2, 0) is 9.53 Å². The molecule has 8 heteroatoms. The van der Waals surface area contributed by atoms with Gasteiger partial charge in [-0.05, 0) is 42.5 Å². The number of fused-ring (bicyclic) bond motifs is 1. The van der Waals surface area contributed by atoms with E-state index in [1.807, 2.05) is 0 Å². The maximum absolute atomic E-state index is 13.8. The van der Waals surface area contributed by atoms with Gasteiger partial charge in [-0.2, -0.15) is 0 Å². The van der Waals surface area contributed by atoms with Crippen LogP contribution >= 0.6 is 11.3 Å². The summed E-state index contributed by atoms with van der Waals surface area (Å²) in [6.07, 6.45) is 0. The Balaban J connectivity index is 1.66. The van der Waals surface area contributed by atoms with Crippen LogP contribution in [0.3, 0.4) is 0 Å². The molecule has 3 aromatic rings. The standard InChI is InChI=1S/C19H15FN2O4S/c1-26-17(23)10-21-18(24)11-5-7-12(8-6-11)22-19(25)16-9-13-14(20)3-2-4-15(13)27-16/h2-9H,10H2,1H3,(H,21,24)(H,22,25). The van der Waals surface area contributed by atoms with Gasteiger partial charge in [-0.15, -0.1) is 11.3 Å². The number of ether oxygens (including phenoxy) is 1. The van der Waals surface area contributed by atoms with E-state index in [-0.39, 0.29) is 18.3 Å². The maximum atomic E-state index is 13.8. The minimum Gasteiger partial charge on any atom is -0.468 e. The van der Waals surface area contributed by atoms with Gasteiger partial charge in [0.2, 0.25) is 0 Å². The Hall–Kier alpha value is -3.26. The molecule has 0 atom stereocenters. The van der Waals surface area contributed by atoms with Gasteiger partial charge in [0.1, 0.15) is 12.4 Å². The Morgan fingerprint density at radius 3 is 2.48 bits per heavy atom. The summed E-state index contributed by atoms with van der Waals surface area (Å²) in [7, 11) is 1.23. The van der Waals surface area contributed by atoms with Crippen molar-refractivity contribution in [3.8, 4) is 0 Å². The van der Waals surface area contributed by atoms with E-state index in [4.69, 9.17) is 0 Å². The monoisotopic (exact) mass is 386 g/mol. The van der Waals surface area contributed by atoms with Crippen molar-refractivity contribution in [3.05, 3.63) is 64.8 Å². The molecule has 0 bridgehead atoms. The number of anilines is 1. The van der Waals surface area contributed by atoms with Crippen LogP contribution < -0.4 is 10.6 Å². The molecule has 0 aliphatic rings. The third-order valence-electron chi connectivity index (χ3n) is 3.76. The van der Waals surface area contributed by atoms with E-state index in [1.165, 1.54) is 42.7 Å². The van der Waals surface area contributed by atoms with E-state index in [0.717, 1.165) is 0 Å². The lowest BCUT2D eigenvalue weighted by Gasteiger charge is -2.06. The van der Waals surface area contributed by atoms with Gasteiger partial charge in [-0.1, -0.05) is 6.07 Å². The van der Waals surface area contributed by atoms with Crippen LogP contribution in [0.1, 0.15) is 20.0 Å². The number of nitrogens with one attached hydrogen (secondary N) is 2. The van der Waals surface area contributed by atoms with E-state index in [2.05, 4.69) is 15.4 Å². The molecule has 0 saturated heterocycles. The highest BCUT2D eigenvalue weighted by molar-refractivity contribution is 7.20. The fourth-order valence-electron chi connectivity index (χ4n) is 2.36. The molecular weight excluding hydrogens is 371 g/mol. The molecule has 0 aliphatic carbocycles. The quantitative estimate of drug-likeness (QED) is 0.660. The fourth-order valence-corrected chi connectivity index (χ4v) is 3.33. The van der Waals surface area contributed by atoms with Crippen LogP contribution in [0.5, 0.6) is 0 Å². The number of methoxy groups -OCH3 is 1. The molecule has 3 rings (SSSR count). The first kappa shape index (κ1) is 18.5. The summed E-state index contributed by atoms with van der Waals surface area (Å²) in [5.41, 5.74) is 0.822. The summed E-state index contributed by atoms with van der Waals surface area (Å²) in [5.74, 6) is -1.71. The second-order valence-electron chi connectivity index (χ2n) is 5.55. The van der Waals surface area contributed by atoms with Crippen LogP contribution in [0.4, 0.5) is 10.1 Å². The average molecular weight is 386 g/mol. The lowest BCUT2D eigenvalue weighted by atomic mass is 10.2. The second kappa shape index (κ2) is 7.96. The van der Waals surface area contributed by atoms with Crippen LogP contribution in [0, 0.1) is 5.82 Å². The van der Waals surface area contributed by atoms with Crippen molar-refractivity contribution in [2.75, 3.05) is 19.0 Å². The zero-order valence-corrected chi connectivity index (χ0v) is 15.1. The first-order chi connectivity index (χ1) is 13.0. The molecule has 27 heavy (non-hydrogen) atoms. The minimum absolute atomic E-state index is 0.226. The lowest BCUT2D eigenvalue weighted by molar-refractivity contribution is -0.139. The van der Waals surface area contributed by atoms with Crippen LogP contribution in [0.25, 0.3) is 10.1 Å². The number of carbonyl (C=O) groups is 3. The maximum Gasteiger partial charge on any atom is 0.325 e. The van der Waals surface area contributed by atoms with Crippen molar-refractivity contribution in [1.29, 1.82) is 0 Å². The smallest absolute Gasteiger partial charge is 0.325 e. The van der Waals surface area contributed by atoms with E-state index < -0.39 is 11.9 Å². The van der Waals surface area contributed by atoms with Gasteiger partial charge in [0.05, 0.1) is 12.0 Å². The molecule has 1 aromatic heterocycles. The molecule has 0 aliphatic heterocycles. The number of thiophene rings is 1. The molecule has 0 unspecified atom stereocenters. The highest BCUT2D eigenvalue weighted by Crippen LogP contribution is 2.28. The van der Waals surface area contributed by atoms with Gasteiger partial charge in [0, 0.05) is 21.3 Å². The predicted molar refractivity (Wildman–Crippen MR) is 101 cm³/mol. The SMILES string of the molecule is COC(=O)CNC(=O)c1ccc(NC(=O)c2cc3c(F)cccc3s2)cc1. The molecule has 2 aromatic carbocycles. The summed E-state index contributed by atoms with van der Waals surface area (Å²) in [6, 6.07) is 12.4. The number of halogens is 1. The zero-order valence-electron chi connectivity index (χ0n) is 14.2. The van der Waals surface area contributed by atoms with E-state index in [0.29, 0.717) is 26.2 Å². The molecule has 1 heterocycles. The van der Waals surface area contributed by atoms with Gasteiger partial charge in [0.25, 0.3) is 11.8 Å². The van der Waals surface area contributed by atoms with E-state index in [9.17, 15) is 18.8 Å². The summed E-state index contributed by atoms with van der Waals surface area (Å²) < 4.78 is 18.9. The van der Waals surface area contributed by atoms with Gasteiger partial charge in [0.15, 0.2) is 0 Å². The molecule has 6 nitrogen and oxygen atoms in total. The van der Waals surface area contributed by atoms with Crippen molar-refractivity contribution in [1.82, 2.24) is 5.32 Å². The van der Waals surface area contributed by atoms with Gasteiger partial charge >= 0.3 is 5.97 Å². The molecule has 0 radical (unpaired) electrons. The van der Waals surface area contributed by atoms with Crippen molar-refractivity contribution >= 4 is 44.9 Å². The molecule has 2 N–H and O–H groups in total. The minimum atomic E-state index is -0.549. The molecule has 138 valence electrons. The molecule has 0 spiro atoms. The van der Waals surface area contributed by atoms with Gasteiger partial charge in [-0.3, -0.25) is 14.4 Å². The van der Waals surface area contributed by atoms with Gasteiger partial charge < -0.3 is 15.4 Å². The normalized spacial score (nSPS) is 10.4. The number of amides is 2. The molecule has 0 saturated carbocycles. The highest BCUT2D eigenvalue weighted by Gasteiger charge is 2.13. The van der Waals surface area contributed by atoms with Crippen molar-refractivity contribution in [3.63, 3.8) is 0 Å². The number of carbonyl (C=O) groups excluding carboxylic acids is 3. The first-order valence-corrected chi connectivity index (χ1v) is 8.74. The topological polar surface area (TPSA) is 84.5 Å². The van der Waals surface area contributed by atoms with Crippen molar-refractivity contribution < 1.29 is 23.5 Å².